The largest absolute Gasteiger partial charge is 0.402 e. The van der Waals surface area contributed by atoms with E-state index >= 15 is 0 Å². The van der Waals surface area contributed by atoms with Gasteiger partial charge in [0.25, 0.3) is 10.2 Å². The van der Waals surface area contributed by atoms with E-state index in [0.29, 0.717) is 0 Å². The number of nitrogens with zero attached hydrogens (tertiary/aromatic N) is 1. The van der Waals surface area contributed by atoms with Gasteiger partial charge in [0, 0.05) is 13.1 Å². The Labute approximate surface area is 98.8 Å². The van der Waals surface area contributed by atoms with Crippen molar-refractivity contribution < 1.29 is 26.7 Å². The fourth-order valence-corrected chi connectivity index (χ4v) is 2.42. The number of halogens is 3. The summed E-state index contributed by atoms with van der Waals surface area (Å²) in [5, 5.41) is 9.45. The van der Waals surface area contributed by atoms with Gasteiger partial charge in [-0.05, 0) is 13.8 Å². The van der Waals surface area contributed by atoms with Crippen molar-refractivity contribution in [1.82, 2.24) is 9.03 Å². The van der Waals surface area contributed by atoms with E-state index in [9.17, 15) is 26.7 Å². The van der Waals surface area contributed by atoms with Crippen molar-refractivity contribution in [2.45, 2.75) is 32.5 Å². The zero-order valence-electron chi connectivity index (χ0n) is 9.87. The predicted octanol–water partition coefficient (Wildman–Crippen LogP) is 0.476. The van der Waals surface area contributed by atoms with Gasteiger partial charge in [0.15, 0.2) is 0 Å². The molecule has 17 heavy (non-hydrogen) atoms. The minimum Gasteiger partial charge on any atom is -0.389 e. The maximum Gasteiger partial charge on any atom is 0.402 e. The maximum absolute atomic E-state index is 11.9. The van der Waals surface area contributed by atoms with Crippen LogP contribution >= 0.6 is 0 Å². The van der Waals surface area contributed by atoms with Gasteiger partial charge in [-0.25, -0.2) is 0 Å². The number of rotatable bonds is 6. The van der Waals surface area contributed by atoms with Gasteiger partial charge in [-0.15, -0.1) is 0 Å². The van der Waals surface area contributed by atoms with Crippen LogP contribution in [0.5, 0.6) is 0 Å². The van der Waals surface area contributed by atoms with Crippen LogP contribution in [0, 0.1) is 0 Å². The Kier molecular flexibility index (Phi) is 5.38. The van der Waals surface area contributed by atoms with Gasteiger partial charge in [0.05, 0.1) is 5.60 Å². The molecular formula is C8H17F3N2O3S. The lowest BCUT2D eigenvalue weighted by atomic mass is 10.1. The molecule has 0 atom stereocenters. The Morgan fingerprint density at radius 1 is 1.29 bits per heavy atom. The van der Waals surface area contributed by atoms with Crippen molar-refractivity contribution >= 4 is 10.2 Å². The molecule has 0 saturated heterocycles. The second-order valence-corrected chi connectivity index (χ2v) is 5.94. The van der Waals surface area contributed by atoms with Crippen LogP contribution in [0.2, 0.25) is 0 Å². The number of alkyl halides is 3. The minimum atomic E-state index is -4.61. The molecule has 0 fully saturated rings. The molecular weight excluding hydrogens is 261 g/mol. The summed E-state index contributed by atoms with van der Waals surface area (Å²) in [6.07, 6.45) is -4.61. The quantitative estimate of drug-likeness (QED) is 0.742. The Balaban J connectivity index is 4.66. The first-order valence-electron chi connectivity index (χ1n) is 4.91. The van der Waals surface area contributed by atoms with Gasteiger partial charge < -0.3 is 5.11 Å². The van der Waals surface area contributed by atoms with Crippen LogP contribution < -0.4 is 4.72 Å². The highest BCUT2D eigenvalue weighted by Gasteiger charge is 2.33. The molecule has 0 rings (SSSR count). The monoisotopic (exact) mass is 278 g/mol. The van der Waals surface area contributed by atoms with E-state index in [2.05, 4.69) is 0 Å². The maximum atomic E-state index is 11.9. The van der Waals surface area contributed by atoms with Crippen molar-refractivity contribution in [2.24, 2.45) is 0 Å². The third-order valence-corrected chi connectivity index (χ3v) is 3.29. The van der Waals surface area contributed by atoms with Crippen LogP contribution in [0.25, 0.3) is 0 Å². The topological polar surface area (TPSA) is 69.6 Å². The Bertz CT molecular complexity index is 335. The normalized spacial score (nSPS) is 14.4. The summed E-state index contributed by atoms with van der Waals surface area (Å²) >= 11 is 0. The molecule has 0 aromatic carbocycles. The fraction of sp³-hybridized carbons (Fsp3) is 1.00. The molecule has 0 aliphatic rings. The lowest BCUT2D eigenvalue weighted by Gasteiger charge is -2.27. The summed E-state index contributed by atoms with van der Waals surface area (Å²) in [5.41, 5.74) is -1.32. The van der Waals surface area contributed by atoms with Gasteiger partial charge in [-0.2, -0.15) is 30.6 Å². The molecule has 2 N–H and O–H groups in total. The summed E-state index contributed by atoms with van der Waals surface area (Å²) in [5.74, 6) is 0. The molecule has 0 heterocycles. The molecule has 0 radical (unpaired) electrons. The van der Waals surface area contributed by atoms with Gasteiger partial charge in [0.1, 0.15) is 6.54 Å². The third-order valence-electron chi connectivity index (χ3n) is 1.71. The highest BCUT2D eigenvalue weighted by molar-refractivity contribution is 7.87. The molecule has 9 heteroatoms. The van der Waals surface area contributed by atoms with Crippen molar-refractivity contribution in [1.29, 1.82) is 0 Å². The number of likely N-dealkylation sites (N-methyl/N-ethyl adjacent to an activating group) is 1. The summed E-state index contributed by atoms with van der Waals surface area (Å²) < 4.78 is 60.9. The first-order chi connectivity index (χ1) is 7.37. The SMILES string of the molecule is CCN(CC(C)(C)O)S(=O)(=O)NCC(F)(F)F. The zero-order chi connectivity index (χ0) is 13.9. The van der Waals surface area contributed by atoms with Crippen LogP contribution in [-0.2, 0) is 10.2 Å². The molecule has 5 nitrogen and oxygen atoms in total. The minimum absolute atomic E-state index is 0.0306. The molecule has 0 aromatic heterocycles. The van der Waals surface area contributed by atoms with Crippen LogP contribution in [0.3, 0.4) is 0 Å². The van der Waals surface area contributed by atoms with Crippen LogP contribution in [0.4, 0.5) is 13.2 Å². The average molecular weight is 278 g/mol. The Hall–Kier alpha value is -0.380. The van der Waals surface area contributed by atoms with Crippen molar-refractivity contribution in [2.75, 3.05) is 19.6 Å². The standard InChI is InChI=1S/C8H17F3N2O3S/c1-4-13(6-7(2,3)14)17(15,16)12-5-8(9,10)11/h12,14H,4-6H2,1-3H3. The van der Waals surface area contributed by atoms with E-state index in [4.69, 9.17) is 0 Å². The van der Waals surface area contributed by atoms with E-state index in [0.717, 1.165) is 4.31 Å². The summed E-state index contributed by atoms with van der Waals surface area (Å²) in [6.45, 7) is 2.27. The molecule has 0 saturated carbocycles. The fourth-order valence-electron chi connectivity index (χ4n) is 1.06. The average Bonchev–Trinajstić information content (AvgIpc) is 2.08. The first kappa shape index (κ1) is 16.6. The van der Waals surface area contributed by atoms with E-state index in [-0.39, 0.29) is 13.1 Å². The summed E-state index contributed by atoms with van der Waals surface area (Å²) in [4.78, 5) is 0. The molecule has 0 amide bonds. The molecule has 0 bridgehead atoms. The van der Waals surface area contributed by atoms with Gasteiger partial charge >= 0.3 is 6.18 Å². The number of hydrogen-bond acceptors (Lipinski definition) is 3. The van der Waals surface area contributed by atoms with Crippen LogP contribution in [0.1, 0.15) is 20.8 Å². The summed E-state index contributed by atoms with van der Waals surface area (Å²) in [7, 11) is -4.24. The zero-order valence-corrected chi connectivity index (χ0v) is 10.7. The molecule has 0 unspecified atom stereocenters. The van der Waals surface area contributed by atoms with E-state index in [1.165, 1.54) is 25.5 Å². The van der Waals surface area contributed by atoms with Crippen LogP contribution in [0.15, 0.2) is 0 Å². The highest BCUT2D eigenvalue weighted by atomic mass is 32.2. The highest BCUT2D eigenvalue weighted by Crippen LogP contribution is 2.14. The lowest BCUT2D eigenvalue weighted by molar-refractivity contribution is -0.121. The Morgan fingerprint density at radius 3 is 2.06 bits per heavy atom. The van der Waals surface area contributed by atoms with E-state index < -0.39 is 28.5 Å². The second-order valence-electron chi connectivity index (χ2n) is 4.18. The predicted molar refractivity (Wildman–Crippen MR) is 56.5 cm³/mol. The van der Waals surface area contributed by atoms with Gasteiger partial charge in [-0.3, -0.25) is 0 Å². The second kappa shape index (κ2) is 5.51. The first-order valence-corrected chi connectivity index (χ1v) is 6.35. The van der Waals surface area contributed by atoms with E-state index in [1.807, 2.05) is 0 Å². The van der Waals surface area contributed by atoms with Crippen LogP contribution in [-0.4, -0.2) is 49.2 Å². The Morgan fingerprint density at radius 2 is 1.76 bits per heavy atom. The third kappa shape index (κ3) is 7.53. The smallest absolute Gasteiger partial charge is 0.389 e. The van der Waals surface area contributed by atoms with Crippen molar-refractivity contribution in [3.63, 3.8) is 0 Å². The molecule has 0 spiro atoms. The molecule has 104 valence electrons. The number of aliphatic hydroxyl groups is 1. The van der Waals surface area contributed by atoms with E-state index in [1.54, 1.807) is 0 Å². The number of hydrogen-bond donors (Lipinski definition) is 2. The lowest BCUT2D eigenvalue weighted by Crippen LogP contribution is -2.49. The molecule has 0 aliphatic heterocycles. The van der Waals surface area contributed by atoms with Crippen molar-refractivity contribution in [3.05, 3.63) is 0 Å². The number of nitrogens with one attached hydrogen (secondary N) is 1. The van der Waals surface area contributed by atoms with Gasteiger partial charge in [0.2, 0.25) is 0 Å². The van der Waals surface area contributed by atoms with Gasteiger partial charge in [-0.1, -0.05) is 6.92 Å². The molecule has 0 aliphatic carbocycles. The molecule has 0 aromatic rings. The van der Waals surface area contributed by atoms with Crippen molar-refractivity contribution in [3.8, 4) is 0 Å². The summed E-state index contributed by atoms with van der Waals surface area (Å²) in [6, 6.07) is 0.